The molecule has 1 aliphatic rings. The highest BCUT2D eigenvalue weighted by Crippen LogP contribution is 2.27. The standard InChI is InChI=1S/C20H28N4O2.HI/c1-21-20(22-14-18-9-6-12-26-18)23-15-19(24-10-3-4-11-24)16-7-5-8-17(13-16)25-2;/h5-9,12-13,19H,3-4,10-11,14-15H2,1-2H3,(H2,21,22,23);1H. The van der Waals surface area contributed by atoms with Crippen molar-refractivity contribution in [2.24, 2.45) is 4.99 Å². The minimum Gasteiger partial charge on any atom is -0.497 e. The van der Waals surface area contributed by atoms with Crippen molar-refractivity contribution in [3.8, 4) is 5.75 Å². The molecule has 7 heteroatoms. The maximum atomic E-state index is 5.41. The van der Waals surface area contributed by atoms with Crippen molar-refractivity contribution in [3.05, 3.63) is 54.0 Å². The van der Waals surface area contributed by atoms with Gasteiger partial charge in [0.2, 0.25) is 0 Å². The van der Waals surface area contributed by atoms with E-state index < -0.39 is 0 Å². The first-order valence-electron chi connectivity index (χ1n) is 9.15. The number of benzene rings is 1. The second kappa shape index (κ2) is 11.2. The number of hydrogen-bond acceptors (Lipinski definition) is 4. The van der Waals surface area contributed by atoms with Crippen LogP contribution in [0.2, 0.25) is 0 Å². The lowest BCUT2D eigenvalue weighted by Crippen LogP contribution is -2.42. The maximum Gasteiger partial charge on any atom is 0.191 e. The fourth-order valence-electron chi connectivity index (χ4n) is 3.36. The van der Waals surface area contributed by atoms with Gasteiger partial charge in [0.1, 0.15) is 11.5 Å². The van der Waals surface area contributed by atoms with Gasteiger partial charge in [0.05, 0.1) is 26.0 Å². The normalized spacial score (nSPS) is 15.9. The van der Waals surface area contributed by atoms with Crippen LogP contribution >= 0.6 is 24.0 Å². The molecule has 2 aromatic rings. The van der Waals surface area contributed by atoms with Crippen LogP contribution in [0, 0.1) is 0 Å². The summed E-state index contributed by atoms with van der Waals surface area (Å²) >= 11 is 0. The number of nitrogens with one attached hydrogen (secondary N) is 2. The maximum absolute atomic E-state index is 5.41. The summed E-state index contributed by atoms with van der Waals surface area (Å²) in [5.41, 5.74) is 1.26. The minimum atomic E-state index is 0. The van der Waals surface area contributed by atoms with E-state index in [0.29, 0.717) is 6.54 Å². The van der Waals surface area contributed by atoms with Crippen molar-refractivity contribution in [3.63, 3.8) is 0 Å². The zero-order valence-electron chi connectivity index (χ0n) is 16.0. The van der Waals surface area contributed by atoms with Crippen molar-refractivity contribution >= 4 is 29.9 Å². The van der Waals surface area contributed by atoms with Crippen LogP contribution in [0.3, 0.4) is 0 Å². The highest BCUT2D eigenvalue weighted by molar-refractivity contribution is 14.0. The zero-order chi connectivity index (χ0) is 18.2. The van der Waals surface area contributed by atoms with Gasteiger partial charge in [-0.15, -0.1) is 24.0 Å². The van der Waals surface area contributed by atoms with Crippen molar-refractivity contribution in [1.82, 2.24) is 15.5 Å². The molecule has 2 heterocycles. The number of guanidine groups is 1. The molecular weight excluding hydrogens is 455 g/mol. The van der Waals surface area contributed by atoms with Crippen LogP contribution in [-0.4, -0.2) is 44.7 Å². The molecule has 1 aliphatic heterocycles. The number of aliphatic imine (C=N–C) groups is 1. The van der Waals surface area contributed by atoms with Gasteiger partial charge >= 0.3 is 0 Å². The molecule has 148 valence electrons. The van der Waals surface area contributed by atoms with Gasteiger partial charge in [-0.05, 0) is 55.8 Å². The molecule has 6 nitrogen and oxygen atoms in total. The van der Waals surface area contributed by atoms with Crippen LogP contribution in [0.1, 0.15) is 30.2 Å². The summed E-state index contributed by atoms with van der Waals surface area (Å²) in [4.78, 5) is 6.85. The van der Waals surface area contributed by atoms with Crippen molar-refractivity contribution in [2.75, 3.05) is 33.8 Å². The van der Waals surface area contributed by atoms with Crippen molar-refractivity contribution in [1.29, 1.82) is 0 Å². The smallest absolute Gasteiger partial charge is 0.191 e. The third-order valence-electron chi connectivity index (χ3n) is 4.76. The second-order valence-electron chi connectivity index (χ2n) is 6.42. The molecule has 0 saturated carbocycles. The first-order valence-corrected chi connectivity index (χ1v) is 9.15. The Morgan fingerprint density at radius 1 is 1.22 bits per heavy atom. The third-order valence-corrected chi connectivity index (χ3v) is 4.76. The Hall–Kier alpha value is -1.74. The van der Waals surface area contributed by atoms with Crippen molar-refractivity contribution in [2.45, 2.75) is 25.4 Å². The highest BCUT2D eigenvalue weighted by Gasteiger charge is 2.24. The van der Waals surface area contributed by atoms with Gasteiger partial charge < -0.3 is 19.8 Å². The first kappa shape index (κ1) is 21.6. The molecule has 0 aliphatic carbocycles. The van der Waals surface area contributed by atoms with Crippen LogP contribution in [0.5, 0.6) is 5.75 Å². The van der Waals surface area contributed by atoms with E-state index in [1.54, 1.807) is 20.4 Å². The molecule has 0 bridgehead atoms. The topological polar surface area (TPSA) is 62.0 Å². The van der Waals surface area contributed by atoms with Gasteiger partial charge in [-0.25, -0.2) is 0 Å². The van der Waals surface area contributed by atoms with Gasteiger partial charge in [-0.2, -0.15) is 0 Å². The third kappa shape index (κ3) is 6.14. The monoisotopic (exact) mass is 484 g/mol. The van der Waals surface area contributed by atoms with E-state index in [0.717, 1.165) is 37.1 Å². The molecule has 1 aromatic carbocycles. The zero-order valence-corrected chi connectivity index (χ0v) is 18.3. The molecule has 1 saturated heterocycles. The van der Waals surface area contributed by atoms with Gasteiger partial charge in [0, 0.05) is 13.6 Å². The number of likely N-dealkylation sites (tertiary alicyclic amines) is 1. The summed E-state index contributed by atoms with van der Waals surface area (Å²) in [5, 5.41) is 6.75. The fourth-order valence-corrected chi connectivity index (χ4v) is 3.36. The summed E-state index contributed by atoms with van der Waals surface area (Å²) in [5.74, 6) is 2.55. The first-order chi connectivity index (χ1) is 12.8. The van der Waals surface area contributed by atoms with E-state index in [9.17, 15) is 0 Å². The Morgan fingerprint density at radius 3 is 2.70 bits per heavy atom. The lowest BCUT2D eigenvalue weighted by molar-refractivity contribution is 0.245. The lowest BCUT2D eigenvalue weighted by atomic mass is 10.1. The Morgan fingerprint density at radius 2 is 2.04 bits per heavy atom. The van der Waals surface area contributed by atoms with E-state index in [1.165, 1.54) is 18.4 Å². The Labute approximate surface area is 178 Å². The summed E-state index contributed by atoms with van der Waals surface area (Å²) in [6.45, 7) is 3.65. The average molecular weight is 484 g/mol. The predicted octanol–water partition coefficient (Wildman–Crippen LogP) is 3.41. The van der Waals surface area contributed by atoms with Gasteiger partial charge in [0.25, 0.3) is 0 Å². The number of halogens is 1. The average Bonchev–Trinajstić information content (AvgIpc) is 3.38. The molecule has 1 aromatic heterocycles. The van der Waals surface area contributed by atoms with Crippen LogP contribution < -0.4 is 15.4 Å². The molecule has 0 radical (unpaired) electrons. The van der Waals surface area contributed by atoms with Gasteiger partial charge in [0.15, 0.2) is 5.96 Å². The molecule has 0 amide bonds. The van der Waals surface area contributed by atoms with E-state index in [4.69, 9.17) is 9.15 Å². The molecule has 0 spiro atoms. The van der Waals surface area contributed by atoms with E-state index in [2.05, 4.69) is 38.7 Å². The summed E-state index contributed by atoms with van der Waals surface area (Å²) < 4.78 is 10.8. The number of methoxy groups -OCH3 is 1. The lowest BCUT2D eigenvalue weighted by Gasteiger charge is -2.29. The van der Waals surface area contributed by atoms with Crippen LogP contribution in [-0.2, 0) is 6.54 Å². The number of nitrogens with zero attached hydrogens (tertiary/aromatic N) is 2. The fraction of sp³-hybridized carbons (Fsp3) is 0.450. The van der Waals surface area contributed by atoms with E-state index in [-0.39, 0.29) is 30.0 Å². The molecule has 2 N–H and O–H groups in total. The van der Waals surface area contributed by atoms with Crippen molar-refractivity contribution < 1.29 is 9.15 Å². The van der Waals surface area contributed by atoms with E-state index in [1.807, 2.05) is 18.2 Å². The predicted molar refractivity (Wildman–Crippen MR) is 119 cm³/mol. The SMILES string of the molecule is CN=C(NCc1ccco1)NCC(c1cccc(OC)c1)N1CCCC1.I. The summed E-state index contributed by atoms with van der Waals surface area (Å²) in [6, 6.07) is 12.5. The van der Waals surface area contributed by atoms with Crippen LogP contribution in [0.25, 0.3) is 0 Å². The summed E-state index contributed by atoms with van der Waals surface area (Å²) in [7, 11) is 3.50. The Balaban J connectivity index is 0.00000261. The summed E-state index contributed by atoms with van der Waals surface area (Å²) in [6.07, 6.45) is 4.19. The number of ether oxygens (including phenoxy) is 1. The Kier molecular flexibility index (Phi) is 8.93. The van der Waals surface area contributed by atoms with Gasteiger partial charge in [-0.1, -0.05) is 12.1 Å². The molecule has 1 atom stereocenters. The molecule has 1 unspecified atom stereocenters. The molecule has 3 rings (SSSR count). The second-order valence-corrected chi connectivity index (χ2v) is 6.42. The largest absolute Gasteiger partial charge is 0.497 e. The van der Waals surface area contributed by atoms with Gasteiger partial charge in [-0.3, -0.25) is 9.89 Å². The van der Waals surface area contributed by atoms with E-state index >= 15 is 0 Å². The minimum absolute atomic E-state index is 0. The van der Waals surface area contributed by atoms with Crippen LogP contribution in [0.4, 0.5) is 0 Å². The molecule has 1 fully saturated rings. The Bertz CT molecular complexity index is 700. The molecular formula is C20H29IN4O2. The molecule has 27 heavy (non-hydrogen) atoms. The highest BCUT2D eigenvalue weighted by atomic mass is 127. The quantitative estimate of drug-likeness (QED) is 0.359. The number of furan rings is 1. The number of hydrogen-bond donors (Lipinski definition) is 2. The number of rotatable bonds is 7. The van der Waals surface area contributed by atoms with Crippen LogP contribution in [0.15, 0.2) is 52.1 Å².